The second-order valence-electron chi connectivity index (χ2n) is 6.58. The number of para-hydroxylation sites is 1. The zero-order chi connectivity index (χ0) is 20.6. The minimum atomic E-state index is -0.520. The summed E-state index contributed by atoms with van der Waals surface area (Å²) in [6.45, 7) is 3.68. The Hall–Kier alpha value is -3.18. The van der Waals surface area contributed by atoms with Crippen LogP contribution in [-0.4, -0.2) is 18.5 Å². The number of aryl methyl sites for hydroxylation is 2. The van der Waals surface area contributed by atoms with Gasteiger partial charge in [0.25, 0.3) is 5.91 Å². The van der Waals surface area contributed by atoms with E-state index < -0.39 is 5.97 Å². The fourth-order valence-electron chi connectivity index (χ4n) is 2.93. The highest BCUT2D eigenvalue weighted by Crippen LogP contribution is 2.24. The lowest BCUT2D eigenvalue weighted by Crippen LogP contribution is -2.21. The Labute approximate surface area is 174 Å². The second kappa shape index (κ2) is 9.85. The predicted octanol–water partition coefficient (Wildman–Crippen LogP) is 5.34. The maximum absolute atomic E-state index is 12.7. The number of esters is 1. The first kappa shape index (κ1) is 20.6. The number of carbonyl (C=O) groups excluding carboxylic acids is 2. The molecule has 0 saturated carbocycles. The molecular formula is C24H23NO3S. The highest BCUT2D eigenvalue weighted by atomic mass is 32.1. The number of hydrogen-bond donors (Lipinski definition) is 1. The van der Waals surface area contributed by atoms with Gasteiger partial charge in [0.15, 0.2) is 6.61 Å². The van der Waals surface area contributed by atoms with E-state index in [1.165, 1.54) is 11.3 Å². The normalized spacial score (nSPS) is 11.2. The van der Waals surface area contributed by atoms with Gasteiger partial charge in [0.05, 0.1) is 5.57 Å². The van der Waals surface area contributed by atoms with E-state index in [4.69, 9.17) is 4.74 Å². The summed E-state index contributed by atoms with van der Waals surface area (Å²) in [5.41, 5.74) is 4.22. The topological polar surface area (TPSA) is 55.4 Å². The van der Waals surface area contributed by atoms with Gasteiger partial charge in [0.1, 0.15) is 0 Å². The van der Waals surface area contributed by atoms with Gasteiger partial charge in [-0.15, -0.1) is 11.3 Å². The highest BCUT2D eigenvalue weighted by molar-refractivity contribution is 7.11. The lowest BCUT2D eigenvalue weighted by molar-refractivity contribution is -0.141. The van der Waals surface area contributed by atoms with Crippen molar-refractivity contribution in [3.8, 4) is 0 Å². The van der Waals surface area contributed by atoms with E-state index in [-0.39, 0.29) is 12.5 Å². The van der Waals surface area contributed by atoms with Crippen molar-refractivity contribution in [2.24, 2.45) is 0 Å². The average molecular weight is 406 g/mol. The van der Waals surface area contributed by atoms with Crippen molar-refractivity contribution >= 4 is 40.5 Å². The van der Waals surface area contributed by atoms with Gasteiger partial charge in [-0.05, 0) is 48.1 Å². The zero-order valence-corrected chi connectivity index (χ0v) is 17.3. The van der Waals surface area contributed by atoms with Crippen LogP contribution in [0.5, 0.6) is 0 Å². The predicted molar refractivity (Wildman–Crippen MR) is 119 cm³/mol. The molecule has 1 N–H and O–H groups in total. The first-order valence-corrected chi connectivity index (χ1v) is 10.3. The van der Waals surface area contributed by atoms with Gasteiger partial charge in [0, 0.05) is 10.6 Å². The van der Waals surface area contributed by atoms with Crippen LogP contribution in [0.3, 0.4) is 0 Å². The van der Waals surface area contributed by atoms with Gasteiger partial charge in [-0.3, -0.25) is 4.79 Å². The number of carbonyl (C=O) groups is 2. The van der Waals surface area contributed by atoms with Crippen LogP contribution in [0, 0.1) is 6.92 Å². The van der Waals surface area contributed by atoms with Crippen LogP contribution in [0.15, 0.2) is 66.0 Å². The summed E-state index contributed by atoms with van der Waals surface area (Å²) in [6.07, 6.45) is 2.60. The Kier molecular flexibility index (Phi) is 6.98. The Morgan fingerprint density at radius 3 is 2.62 bits per heavy atom. The van der Waals surface area contributed by atoms with Gasteiger partial charge >= 0.3 is 5.97 Å². The molecule has 0 aliphatic heterocycles. The van der Waals surface area contributed by atoms with Gasteiger partial charge in [-0.25, -0.2) is 4.79 Å². The molecule has 0 fully saturated rings. The van der Waals surface area contributed by atoms with Crippen molar-refractivity contribution in [3.63, 3.8) is 0 Å². The van der Waals surface area contributed by atoms with E-state index in [0.717, 1.165) is 33.7 Å². The quantitative estimate of drug-likeness (QED) is 0.426. The molecule has 1 aromatic heterocycles. The van der Waals surface area contributed by atoms with E-state index in [0.29, 0.717) is 5.57 Å². The molecule has 0 unspecified atom stereocenters. The highest BCUT2D eigenvalue weighted by Gasteiger charge is 2.17. The zero-order valence-electron chi connectivity index (χ0n) is 16.5. The molecule has 0 aliphatic rings. The molecule has 1 amide bonds. The molecule has 0 bridgehead atoms. The fraction of sp³-hybridized carbons (Fsp3) is 0.167. The smallest absolute Gasteiger partial charge is 0.340 e. The third-order valence-corrected chi connectivity index (χ3v) is 5.27. The number of anilines is 1. The van der Waals surface area contributed by atoms with Gasteiger partial charge in [0.2, 0.25) is 0 Å². The molecule has 0 atom stereocenters. The van der Waals surface area contributed by atoms with Crippen LogP contribution in [-0.2, 0) is 20.7 Å². The standard InChI is InChI=1S/C24H23NO3S/c1-3-19-10-4-5-11-21(19)25-23(26)16-28-24(27)20(22-12-7-13-29-22)15-18-9-6-8-17(2)14-18/h4-15H,3,16H2,1-2H3,(H,25,26)/b20-15+. The monoisotopic (exact) mass is 405 g/mol. The Morgan fingerprint density at radius 2 is 1.90 bits per heavy atom. The maximum Gasteiger partial charge on any atom is 0.340 e. The van der Waals surface area contributed by atoms with Crippen molar-refractivity contribution in [1.82, 2.24) is 0 Å². The summed E-state index contributed by atoms with van der Waals surface area (Å²) in [5, 5.41) is 4.72. The summed E-state index contributed by atoms with van der Waals surface area (Å²) < 4.78 is 5.33. The van der Waals surface area contributed by atoms with E-state index in [1.807, 2.05) is 79.9 Å². The van der Waals surface area contributed by atoms with E-state index in [2.05, 4.69) is 5.32 Å². The number of nitrogens with one attached hydrogen (secondary N) is 1. The molecule has 0 radical (unpaired) electrons. The summed E-state index contributed by atoms with van der Waals surface area (Å²) >= 11 is 1.45. The molecule has 0 spiro atoms. The molecule has 2 aromatic carbocycles. The molecule has 3 aromatic rings. The van der Waals surface area contributed by atoms with E-state index >= 15 is 0 Å². The van der Waals surface area contributed by atoms with E-state index in [9.17, 15) is 9.59 Å². The molecule has 3 rings (SSSR count). The summed E-state index contributed by atoms with van der Waals surface area (Å²) in [6, 6.07) is 19.2. The molecule has 29 heavy (non-hydrogen) atoms. The van der Waals surface area contributed by atoms with Crippen LogP contribution < -0.4 is 5.32 Å². The Balaban J connectivity index is 1.71. The molecule has 148 valence electrons. The van der Waals surface area contributed by atoms with Crippen LogP contribution in [0.25, 0.3) is 11.6 Å². The number of hydrogen-bond acceptors (Lipinski definition) is 4. The Morgan fingerprint density at radius 1 is 1.07 bits per heavy atom. The third kappa shape index (κ3) is 5.65. The van der Waals surface area contributed by atoms with Crippen LogP contribution >= 0.6 is 11.3 Å². The lowest BCUT2D eigenvalue weighted by Gasteiger charge is -2.11. The summed E-state index contributed by atoms with van der Waals surface area (Å²) in [5.74, 6) is -0.881. The van der Waals surface area contributed by atoms with Gasteiger partial charge in [-0.2, -0.15) is 0 Å². The second-order valence-corrected chi connectivity index (χ2v) is 7.53. The molecule has 5 heteroatoms. The van der Waals surface area contributed by atoms with Crippen molar-refractivity contribution in [1.29, 1.82) is 0 Å². The Bertz CT molecular complexity index is 1020. The van der Waals surface area contributed by atoms with Crippen LogP contribution in [0.4, 0.5) is 5.69 Å². The number of amides is 1. The van der Waals surface area contributed by atoms with Gasteiger partial charge in [-0.1, -0.05) is 61.0 Å². The van der Waals surface area contributed by atoms with Crippen LogP contribution in [0.1, 0.15) is 28.5 Å². The first-order chi connectivity index (χ1) is 14.1. The van der Waals surface area contributed by atoms with Crippen molar-refractivity contribution < 1.29 is 14.3 Å². The minimum Gasteiger partial charge on any atom is -0.452 e. The summed E-state index contributed by atoms with van der Waals surface area (Å²) in [4.78, 5) is 25.8. The van der Waals surface area contributed by atoms with Gasteiger partial charge < -0.3 is 10.1 Å². The van der Waals surface area contributed by atoms with E-state index in [1.54, 1.807) is 6.08 Å². The number of ether oxygens (including phenoxy) is 1. The summed E-state index contributed by atoms with van der Waals surface area (Å²) in [7, 11) is 0. The third-order valence-electron chi connectivity index (χ3n) is 4.37. The maximum atomic E-state index is 12.7. The largest absolute Gasteiger partial charge is 0.452 e. The number of benzene rings is 2. The SMILES string of the molecule is CCc1ccccc1NC(=O)COC(=O)/C(=C/c1cccc(C)c1)c1cccs1. The van der Waals surface area contributed by atoms with Crippen molar-refractivity contribution in [2.45, 2.75) is 20.3 Å². The molecule has 1 heterocycles. The van der Waals surface area contributed by atoms with Crippen molar-refractivity contribution in [2.75, 3.05) is 11.9 Å². The van der Waals surface area contributed by atoms with Crippen molar-refractivity contribution in [3.05, 3.63) is 87.6 Å². The minimum absolute atomic E-state index is 0.340. The average Bonchev–Trinajstić information content (AvgIpc) is 3.25. The fourth-order valence-corrected chi connectivity index (χ4v) is 3.66. The molecular weight excluding hydrogens is 382 g/mol. The molecule has 0 saturated heterocycles. The number of rotatable bonds is 7. The first-order valence-electron chi connectivity index (χ1n) is 9.44. The number of thiophene rings is 1. The lowest BCUT2D eigenvalue weighted by atomic mass is 10.1. The molecule has 0 aliphatic carbocycles. The van der Waals surface area contributed by atoms with Crippen LogP contribution in [0.2, 0.25) is 0 Å². The molecule has 4 nitrogen and oxygen atoms in total.